The van der Waals surface area contributed by atoms with E-state index in [-0.39, 0.29) is 5.91 Å². The number of hydrogen-bond donors (Lipinski definition) is 1. The predicted molar refractivity (Wildman–Crippen MR) is 19.5 cm³/mol. The summed E-state index contributed by atoms with van der Waals surface area (Å²) in [6, 6.07) is 0. The van der Waals surface area contributed by atoms with Crippen LogP contribution in [-0.2, 0) is 14.7 Å². The van der Waals surface area contributed by atoms with E-state index in [1.165, 1.54) is 6.08 Å². The van der Waals surface area contributed by atoms with Crippen LogP contribution in [0.5, 0.6) is 0 Å². The molecule has 0 aromatic rings. The Bertz CT molecular complexity index is 109. The second-order valence-electron chi connectivity index (χ2n) is 0.949. The summed E-state index contributed by atoms with van der Waals surface area (Å²) in [6.07, 6.45) is 2.36. The molecule has 0 radical (unpaired) electrons. The van der Waals surface area contributed by atoms with E-state index < -0.39 is 0 Å². The van der Waals surface area contributed by atoms with Gasteiger partial charge in [-0.25, -0.2) is 0 Å². The summed E-state index contributed by atoms with van der Waals surface area (Å²) in [7, 11) is 0. The molecule has 0 aliphatic carbocycles. The number of hydroxylamine groups is 1. The molecule has 1 N–H and O–H groups in total. The van der Waals surface area contributed by atoms with Crippen LogP contribution in [0.3, 0.4) is 0 Å². The van der Waals surface area contributed by atoms with Crippen LogP contribution in [-0.4, -0.2) is 5.91 Å². The molecule has 0 saturated carbocycles. The Morgan fingerprint density at radius 2 is 2.57 bits per heavy atom. The van der Waals surface area contributed by atoms with E-state index in [0.717, 1.165) is 6.26 Å². The highest BCUT2D eigenvalue weighted by atomic mass is 17.3. The summed E-state index contributed by atoms with van der Waals surface area (Å²) in [5.41, 5.74) is 1.93. The van der Waals surface area contributed by atoms with E-state index in [1.807, 2.05) is 5.48 Å². The van der Waals surface area contributed by atoms with Crippen LogP contribution in [0.15, 0.2) is 12.3 Å². The van der Waals surface area contributed by atoms with E-state index >= 15 is 0 Å². The molecular weight excluding hydrogens is 98.0 g/mol. The third-order valence-electron chi connectivity index (χ3n) is 0.465. The van der Waals surface area contributed by atoms with Crippen LogP contribution < -0.4 is 5.48 Å². The number of rotatable bonds is 0. The van der Waals surface area contributed by atoms with Crippen LogP contribution in [0, 0.1) is 0 Å². The molecule has 0 atom stereocenters. The van der Waals surface area contributed by atoms with Gasteiger partial charge in [0.1, 0.15) is 6.26 Å². The smallest absolute Gasteiger partial charge is 0.273 e. The van der Waals surface area contributed by atoms with Gasteiger partial charge >= 0.3 is 0 Å². The van der Waals surface area contributed by atoms with Crippen LogP contribution >= 0.6 is 0 Å². The zero-order chi connectivity index (χ0) is 5.11. The molecule has 0 bridgehead atoms. The lowest BCUT2D eigenvalue weighted by Crippen LogP contribution is -2.23. The quantitative estimate of drug-likeness (QED) is 0.418. The zero-order valence-corrected chi connectivity index (χ0v) is 3.38. The van der Waals surface area contributed by atoms with Crippen molar-refractivity contribution in [1.82, 2.24) is 5.48 Å². The second-order valence-corrected chi connectivity index (χ2v) is 0.949. The van der Waals surface area contributed by atoms with Crippen molar-refractivity contribution in [2.24, 2.45) is 0 Å². The molecule has 0 saturated heterocycles. The standard InChI is InChI=1S/C3H3NO3/c5-3-1-2-6-7-4-3/h1-2H,(H,4,5). The van der Waals surface area contributed by atoms with E-state index in [0.29, 0.717) is 0 Å². The normalized spacial score (nSPS) is 18.0. The van der Waals surface area contributed by atoms with E-state index in [2.05, 4.69) is 9.88 Å². The van der Waals surface area contributed by atoms with Crippen molar-refractivity contribution < 1.29 is 14.7 Å². The van der Waals surface area contributed by atoms with Gasteiger partial charge in [0.25, 0.3) is 5.91 Å². The number of carbonyl (C=O) groups is 1. The first kappa shape index (κ1) is 4.14. The second kappa shape index (κ2) is 1.61. The lowest BCUT2D eigenvalue weighted by atomic mass is 10.6. The van der Waals surface area contributed by atoms with Gasteiger partial charge in [-0.2, -0.15) is 5.48 Å². The molecule has 1 amide bonds. The Hall–Kier alpha value is -1.03. The molecule has 0 unspecified atom stereocenters. The van der Waals surface area contributed by atoms with Crippen LogP contribution in [0.2, 0.25) is 0 Å². The van der Waals surface area contributed by atoms with Gasteiger partial charge in [0, 0.05) is 6.08 Å². The molecule has 38 valence electrons. The fourth-order valence-electron chi connectivity index (χ4n) is 0.216. The molecule has 0 fully saturated rings. The third kappa shape index (κ3) is 0.902. The summed E-state index contributed by atoms with van der Waals surface area (Å²) in [4.78, 5) is 18.2. The third-order valence-corrected chi connectivity index (χ3v) is 0.465. The van der Waals surface area contributed by atoms with Crippen molar-refractivity contribution in [3.05, 3.63) is 12.3 Å². The minimum Gasteiger partial charge on any atom is -0.322 e. The Morgan fingerprint density at radius 1 is 1.71 bits per heavy atom. The van der Waals surface area contributed by atoms with Crippen molar-refractivity contribution in [3.8, 4) is 0 Å². The van der Waals surface area contributed by atoms with Crippen LogP contribution in [0.1, 0.15) is 0 Å². The van der Waals surface area contributed by atoms with Gasteiger partial charge in [-0.3, -0.25) is 4.79 Å². The Balaban J connectivity index is 2.51. The molecule has 0 spiro atoms. The van der Waals surface area contributed by atoms with Gasteiger partial charge < -0.3 is 4.89 Å². The summed E-state index contributed by atoms with van der Waals surface area (Å²) in [5, 5.41) is 0. The molecule has 4 nitrogen and oxygen atoms in total. The van der Waals surface area contributed by atoms with Gasteiger partial charge in [0.05, 0.1) is 0 Å². The predicted octanol–water partition coefficient (Wildman–Crippen LogP) is -0.507. The molecule has 0 aromatic heterocycles. The highest BCUT2D eigenvalue weighted by Crippen LogP contribution is 1.83. The molecule has 1 rings (SSSR count). The number of nitrogens with one attached hydrogen (secondary N) is 1. The van der Waals surface area contributed by atoms with Crippen molar-refractivity contribution >= 4 is 5.91 Å². The first-order valence-electron chi connectivity index (χ1n) is 1.68. The fraction of sp³-hybridized carbons (Fsp3) is 0. The van der Waals surface area contributed by atoms with Crippen molar-refractivity contribution in [1.29, 1.82) is 0 Å². The van der Waals surface area contributed by atoms with Gasteiger partial charge in [-0.1, -0.05) is 4.99 Å². The van der Waals surface area contributed by atoms with E-state index in [1.54, 1.807) is 0 Å². The van der Waals surface area contributed by atoms with E-state index in [9.17, 15) is 4.79 Å². The first-order chi connectivity index (χ1) is 3.39. The van der Waals surface area contributed by atoms with Gasteiger partial charge in [0.15, 0.2) is 0 Å². The lowest BCUT2D eigenvalue weighted by molar-refractivity contribution is -0.293. The topological polar surface area (TPSA) is 47.6 Å². The SMILES string of the molecule is O=C1C=COON1. The summed E-state index contributed by atoms with van der Waals surface area (Å²) in [6.45, 7) is 0. The lowest BCUT2D eigenvalue weighted by Gasteiger charge is -2.02. The van der Waals surface area contributed by atoms with Gasteiger partial charge in [-0.15, -0.1) is 0 Å². The van der Waals surface area contributed by atoms with Gasteiger partial charge in [0.2, 0.25) is 0 Å². The highest BCUT2D eigenvalue weighted by Gasteiger charge is 1.98. The fourth-order valence-corrected chi connectivity index (χ4v) is 0.216. The molecule has 4 heteroatoms. The Morgan fingerprint density at radius 3 is 2.86 bits per heavy atom. The minimum atomic E-state index is -0.314. The van der Waals surface area contributed by atoms with E-state index in [4.69, 9.17) is 0 Å². The van der Waals surface area contributed by atoms with Crippen LogP contribution in [0.4, 0.5) is 0 Å². The summed E-state index contributed by atoms with van der Waals surface area (Å²) < 4.78 is 0. The summed E-state index contributed by atoms with van der Waals surface area (Å²) >= 11 is 0. The molecule has 1 heterocycles. The average Bonchev–Trinajstić information content (AvgIpc) is 1.69. The highest BCUT2D eigenvalue weighted by molar-refractivity contribution is 5.86. The largest absolute Gasteiger partial charge is 0.322 e. The van der Waals surface area contributed by atoms with Crippen LogP contribution in [0.25, 0.3) is 0 Å². The molecule has 0 aromatic carbocycles. The van der Waals surface area contributed by atoms with Crippen molar-refractivity contribution in [3.63, 3.8) is 0 Å². The first-order valence-corrected chi connectivity index (χ1v) is 1.68. The average molecular weight is 101 g/mol. The number of amides is 1. The van der Waals surface area contributed by atoms with Crippen molar-refractivity contribution in [2.45, 2.75) is 0 Å². The zero-order valence-electron chi connectivity index (χ0n) is 3.38. The molecule has 1 aliphatic rings. The van der Waals surface area contributed by atoms with Crippen molar-refractivity contribution in [2.75, 3.05) is 0 Å². The number of carbonyl (C=O) groups excluding carboxylic acids is 1. The molecule has 1 aliphatic heterocycles. The molecular formula is C3H3NO3. The Kier molecular flexibility index (Phi) is 0.953. The number of hydrogen-bond acceptors (Lipinski definition) is 3. The van der Waals surface area contributed by atoms with Gasteiger partial charge in [-0.05, 0) is 0 Å². The summed E-state index contributed by atoms with van der Waals surface area (Å²) in [5.74, 6) is -0.314. The maximum Gasteiger partial charge on any atom is 0.273 e. The maximum absolute atomic E-state index is 10.1. The Labute approximate surface area is 39.6 Å². The minimum absolute atomic E-state index is 0.314. The monoisotopic (exact) mass is 101 g/mol. The maximum atomic E-state index is 10.1. The molecule has 7 heavy (non-hydrogen) atoms.